The second-order valence-corrected chi connectivity index (χ2v) is 5.13. The normalized spacial score (nSPS) is 18.4. The number of hydrogen-bond acceptors (Lipinski definition) is 4. The minimum absolute atomic E-state index is 0. The van der Waals surface area contributed by atoms with Crippen molar-refractivity contribution in [3.05, 3.63) is 23.6 Å². The van der Waals surface area contributed by atoms with Crippen LogP contribution in [-0.2, 0) is 0 Å². The van der Waals surface area contributed by atoms with E-state index in [1.807, 2.05) is 9.78 Å². The third-order valence-corrected chi connectivity index (χ3v) is 3.90. The highest BCUT2D eigenvalue weighted by Crippen LogP contribution is 2.15. The quantitative estimate of drug-likeness (QED) is 0.885. The van der Waals surface area contributed by atoms with Crippen LogP contribution in [0.25, 0.3) is 4.83 Å². The van der Waals surface area contributed by atoms with Gasteiger partial charge in [-0.3, -0.25) is 9.20 Å². The Morgan fingerprint density at radius 3 is 3.11 bits per heavy atom. The Kier molecular flexibility index (Phi) is 6.06. The number of piperidine rings is 1. The van der Waals surface area contributed by atoms with E-state index in [0.29, 0.717) is 5.69 Å². The van der Waals surface area contributed by atoms with Crippen LogP contribution in [-0.4, -0.2) is 34.4 Å². The molecular formula is C11H16Cl2N4OS. The molecule has 5 nitrogen and oxygen atoms in total. The van der Waals surface area contributed by atoms with Crippen molar-refractivity contribution in [1.29, 1.82) is 0 Å². The van der Waals surface area contributed by atoms with Crippen LogP contribution in [0.4, 0.5) is 0 Å². The van der Waals surface area contributed by atoms with Gasteiger partial charge in [-0.2, -0.15) is 0 Å². The number of carbonyl (C=O) groups is 1. The maximum atomic E-state index is 12.1. The molecular weight excluding hydrogens is 307 g/mol. The molecule has 106 valence electrons. The summed E-state index contributed by atoms with van der Waals surface area (Å²) >= 11 is 1.53. The molecule has 0 aromatic carbocycles. The van der Waals surface area contributed by atoms with Crippen molar-refractivity contribution in [2.75, 3.05) is 13.1 Å². The van der Waals surface area contributed by atoms with Gasteiger partial charge in [-0.1, -0.05) is 0 Å². The van der Waals surface area contributed by atoms with Gasteiger partial charge in [0, 0.05) is 18.0 Å². The van der Waals surface area contributed by atoms with Gasteiger partial charge in [0.2, 0.25) is 0 Å². The van der Waals surface area contributed by atoms with E-state index in [2.05, 4.69) is 15.6 Å². The first-order valence-corrected chi connectivity index (χ1v) is 6.64. The molecule has 1 aliphatic rings. The van der Waals surface area contributed by atoms with Crippen LogP contribution in [0.2, 0.25) is 0 Å². The van der Waals surface area contributed by atoms with E-state index in [-0.39, 0.29) is 36.8 Å². The number of fused-ring (bicyclic) bond motifs is 1. The first-order valence-electron chi connectivity index (χ1n) is 5.76. The molecule has 3 rings (SSSR count). The SMILES string of the molecule is Cl.Cl.O=C(N[C@H]1CCCNC1)c1csc2cncn12. The highest BCUT2D eigenvalue weighted by molar-refractivity contribution is 7.15. The topological polar surface area (TPSA) is 58.4 Å². The van der Waals surface area contributed by atoms with Gasteiger partial charge in [0.25, 0.3) is 5.91 Å². The van der Waals surface area contributed by atoms with Crippen molar-refractivity contribution in [1.82, 2.24) is 20.0 Å². The summed E-state index contributed by atoms with van der Waals surface area (Å²) < 4.78 is 1.83. The van der Waals surface area contributed by atoms with Crippen molar-refractivity contribution in [3.63, 3.8) is 0 Å². The second-order valence-electron chi connectivity index (χ2n) is 4.24. The average molecular weight is 323 g/mol. The lowest BCUT2D eigenvalue weighted by molar-refractivity contribution is 0.0925. The van der Waals surface area contributed by atoms with Crippen molar-refractivity contribution >= 4 is 46.9 Å². The summed E-state index contributed by atoms with van der Waals surface area (Å²) in [6, 6.07) is 0.245. The van der Waals surface area contributed by atoms with Gasteiger partial charge in [0.05, 0.1) is 6.20 Å². The second kappa shape index (κ2) is 7.09. The van der Waals surface area contributed by atoms with Crippen LogP contribution in [0.3, 0.4) is 0 Å². The molecule has 0 spiro atoms. The minimum Gasteiger partial charge on any atom is -0.347 e. The van der Waals surface area contributed by atoms with E-state index < -0.39 is 0 Å². The molecule has 8 heteroatoms. The zero-order chi connectivity index (χ0) is 11.7. The summed E-state index contributed by atoms with van der Waals surface area (Å²) in [6.45, 7) is 1.92. The van der Waals surface area contributed by atoms with Gasteiger partial charge in [0.15, 0.2) is 0 Å². The fourth-order valence-electron chi connectivity index (χ4n) is 2.12. The van der Waals surface area contributed by atoms with Crippen LogP contribution in [0, 0.1) is 0 Å². The van der Waals surface area contributed by atoms with Crippen LogP contribution in [0.5, 0.6) is 0 Å². The van der Waals surface area contributed by atoms with Gasteiger partial charge < -0.3 is 10.6 Å². The molecule has 1 fully saturated rings. The standard InChI is InChI=1S/C11H14N4OS.2ClH/c16-11(14-8-2-1-3-12-4-8)9-6-17-10-5-13-7-15(9)10;;/h5-8,12H,1-4H2,(H,14,16);2*1H/t8-;;/m0../s1. The zero-order valence-electron chi connectivity index (χ0n) is 10.2. The monoisotopic (exact) mass is 322 g/mol. The fourth-order valence-corrected chi connectivity index (χ4v) is 2.95. The first kappa shape index (κ1) is 16.2. The summed E-state index contributed by atoms with van der Waals surface area (Å²) in [7, 11) is 0. The maximum Gasteiger partial charge on any atom is 0.269 e. The summed E-state index contributed by atoms with van der Waals surface area (Å²) in [5, 5.41) is 8.22. The van der Waals surface area contributed by atoms with Gasteiger partial charge in [0.1, 0.15) is 16.9 Å². The molecule has 1 atom stereocenters. The Morgan fingerprint density at radius 2 is 2.37 bits per heavy atom. The maximum absolute atomic E-state index is 12.1. The number of imidazole rings is 1. The lowest BCUT2D eigenvalue weighted by Gasteiger charge is -2.23. The predicted octanol–water partition coefficient (Wildman–Crippen LogP) is 1.72. The molecule has 1 saturated heterocycles. The number of nitrogens with zero attached hydrogens (tertiary/aromatic N) is 2. The van der Waals surface area contributed by atoms with Crippen LogP contribution < -0.4 is 10.6 Å². The Hall–Kier alpha value is -0.820. The smallest absolute Gasteiger partial charge is 0.269 e. The van der Waals surface area contributed by atoms with E-state index in [1.54, 1.807) is 12.5 Å². The lowest BCUT2D eigenvalue weighted by Crippen LogP contribution is -2.45. The summed E-state index contributed by atoms with van der Waals surface area (Å²) in [5.41, 5.74) is 0.674. The molecule has 0 aliphatic carbocycles. The number of nitrogens with one attached hydrogen (secondary N) is 2. The highest BCUT2D eigenvalue weighted by Gasteiger charge is 2.18. The number of halogens is 2. The highest BCUT2D eigenvalue weighted by atomic mass is 35.5. The van der Waals surface area contributed by atoms with Gasteiger partial charge in [-0.05, 0) is 19.4 Å². The Bertz CT molecular complexity index is 536. The van der Waals surface area contributed by atoms with E-state index in [1.165, 1.54) is 11.3 Å². The Balaban J connectivity index is 0.000000902. The van der Waals surface area contributed by atoms with Crippen molar-refractivity contribution < 1.29 is 4.79 Å². The Morgan fingerprint density at radius 1 is 1.53 bits per heavy atom. The van der Waals surface area contributed by atoms with E-state index in [4.69, 9.17) is 0 Å². The third kappa shape index (κ3) is 3.39. The molecule has 2 aromatic rings. The zero-order valence-corrected chi connectivity index (χ0v) is 12.6. The molecule has 1 aliphatic heterocycles. The molecule has 1 amide bonds. The van der Waals surface area contributed by atoms with Crippen molar-refractivity contribution in [2.45, 2.75) is 18.9 Å². The Labute approximate surface area is 127 Å². The van der Waals surface area contributed by atoms with E-state index in [0.717, 1.165) is 30.8 Å². The van der Waals surface area contributed by atoms with E-state index >= 15 is 0 Å². The molecule has 3 heterocycles. The number of carbonyl (C=O) groups excluding carboxylic acids is 1. The summed E-state index contributed by atoms with van der Waals surface area (Å²) in [4.78, 5) is 17.1. The molecule has 0 radical (unpaired) electrons. The van der Waals surface area contributed by atoms with Gasteiger partial charge >= 0.3 is 0 Å². The lowest BCUT2D eigenvalue weighted by atomic mass is 10.1. The first-order chi connectivity index (χ1) is 8.34. The summed E-state index contributed by atoms with van der Waals surface area (Å²) in [6.07, 6.45) is 5.62. The van der Waals surface area contributed by atoms with Gasteiger partial charge in [-0.25, -0.2) is 4.98 Å². The molecule has 19 heavy (non-hydrogen) atoms. The molecule has 2 aromatic heterocycles. The number of thiazole rings is 1. The van der Waals surface area contributed by atoms with Gasteiger partial charge in [-0.15, -0.1) is 36.2 Å². The molecule has 0 saturated carbocycles. The van der Waals surface area contributed by atoms with Crippen LogP contribution >= 0.6 is 36.2 Å². The van der Waals surface area contributed by atoms with Crippen LogP contribution in [0.1, 0.15) is 23.3 Å². The molecule has 0 bridgehead atoms. The molecule has 0 unspecified atom stereocenters. The molecule has 2 N–H and O–H groups in total. The predicted molar refractivity (Wildman–Crippen MR) is 80.9 cm³/mol. The largest absolute Gasteiger partial charge is 0.347 e. The van der Waals surface area contributed by atoms with Crippen molar-refractivity contribution in [2.24, 2.45) is 0 Å². The number of amides is 1. The minimum atomic E-state index is -0.0112. The van der Waals surface area contributed by atoms with Crippen molar-refractivity contribution in [3.8, 4) is 0 Å². The van der Waals surface area contributed by atoms with E-state index in [9.17, 15) is 4.79 Å². The number of aromatic nitrogens is 2. The van der Waals surface area contributed by atoms with Crippen LogP contribution in [0.15, 0.2) is 17.9 Å². The average Bonchev–Trinajstić information content (AvgIpc) is 2.91. The summed E-state index contributed by atoms with van der Waals surface area (Å²) in [5.74, 6) is -0.0112. The number of rotatable bonds is 2. The number of hydrogen-bond donors (Lipinski definition) is 2. The third-order valence-electron chi connectivity index (χ3n) is 3.02. The fraction of sp³-hybridized carbons (Fsp3) is 0.455.